The minimum Gasteiger partial charge on any atom is -0.492 e. The van der Waals surface area contributed by atoms with Gasteiger partial charge in [0.1, 0.15) is 12.7 Å². The van der Waals surface area contributed by atoms with Crippen LogP contribution < -0.4 is 0 Å². The Hall–Kier alpha value is -0.680. The minimum absolute atomic E-state index is 0.0320. The molecule has 0 radical (unpaired) electrons. The second-order valence-electron chi connectivity index (χ2n) is 17.8. The first-order chi connectivity index (χ1) is 27.5. The molecule has 4 nitrogen and oxygen atoms in total. The number of hydrogen-bond acceptors (Lipinski definition) is 5. The quantitative estimate of drug-likeness (QED) is 0.0349. The van der Waals surface area contributed by atoms with Gasteiger partial charge in [0, 0.05) is 30.5 Å². The van der Waals surface area contributed by atoms with E-state index in [0.29, 0.717) is 12.5 Å². The summed E-state index contributed by atoms with van der Waals surface area (Å²) in [4.78, 5) is 16.5. The van der Waals surface area contributed by atoms with Crippen molar-refractivity contribution < 1.29 is 14.3 Å². The molecule has 1 aliphatic heterocycles. The van der Waals surface area contributed by atoms with Crippen molar-refractivity contribution in [1.29, 1.82) is 0 Å². The molecule has 0 aliphatic carbocycles. The van der Waals surface area contributed by atoms with Gasteiger partial charge in [0.25, 0.3) is 0 Å². The van der Waals surface area contributed by atoms with Crippen LogP contribution in [0.4, 0.5) is 0 Å². The summed E-state index contributed by atoms with van der Waals surface area (Å²) in [5.41, 5.74) is 0. The van der Waals surface area contributed by atoms with Gasteiger partial charge < -0.3 is 14.4 Å². The van der Waals surface area contributed by atoms with E-state index < -0.39 is 0 Å². The molecular weight excluding hydrogens is 707 g/mol. The van der Waals surface area contributed by atoms with E-state index in [-0.39, 0.29) is 18.0 Å². The topological polar surface area (TPSA) is 38.8 Å². The van der Waals surface area contributed by atoms with E-state index in [1.165, 1.54) is 217 Å². The zero-order valence-electron chi connectivity index (χ0n) is 38.5. The van der Waals surface area contributed by atoms with Crippen LogP contribution in [0.1, 0.15) is 252 Å². The number of nitrogens with zero attached hydrogens (tertiary/aromatic N) is 1. The number of carbonyl (C=O) groups is 1. The van der Waals surface area contributed by atoms with Crippen molar-refractivity contribution in [3.63, 3.8) is 0 Å². The maximum absolute atomic E-state index is 13.8. The summed E-state index contributed by atoms with van der Waals surface area (Å²) in [7, 11) is 0. The molecule has 3 unspecified atom stereocenters. The number of thioether (sulfide) groups is 1. The van der Waals surface area contributed by atoms with Crippen LogP contribution in [0.15, 0.2) is 12.3 Å². The highest BCUT2D eigenvalue weighted by atomic mass is 32.2. The third-order valence-corrected chi connectivity index (χ3v) is 13.4. The first-order valence-electron chi connectivity index (χ1n) is 25.4. The smallest absolute Gasteiger partial charge is 0.309 e. The van der Waals surface area contributed by atoms with Crippen LogP contribution in [0.2, 0.25) is 0 Å². The molecule has 1 saturated heterocycles. The highest BCUT2D eigenvalue weighted by Crippen LogP contribution is 2.28. The van der Waals surface area contributed by atoms with Crippen molar-refractivity contribution in [2.24, 2.45) is 11.8 Å². The van der Waals surface area contributed by atoms with Crippen LogP contribution in [-0.4, -0.2) is 54.7 Å². The molecule has 332 valence electrons. The second-order valence-corrected chi connectivity index (χ2v) is 19.0. The first-order valence-corrected chi connectivity index (χ1v) is 26.5. The maximum atomic E-state index is 13.8. The van der Waals surface area contributed by atoms with E-state index >= 15 is 0 Å². The molecule has 0 aromatic rings. The fraction of sp³-hybridized carbons (Fsp3) is 0.941. The maximum Gasteiger partial charge on any atom is 0.309 e. The van der Waals surface area contributed by atoms with Crippen LogP contribution in [0.5, 0.6) is 0 Å². The van der Waals surface area contributed by atoms with Gasteiger partial charge in [-0.1, -0.05) is 214 Å². The lowest BCUT2D eigenvalue weighted by Gasteiger charge is -2.28. The highest BCUT2D eigenvalue weighted by Gasteiger charge is 2.24. The Balaban J connectivity index is 2.86. The highest BCUT2D eigenvalue weighted by molar-refractivity contribution is 7.99. The minimum atomic E-state index is -0.0909. The summed E-state index contributed by atoms with van der Waals surface area (Å²) in [6, 6.07) is 0. The fourth-order valence-corrected chi connectivity index (χ4v) is 9.53. The molecule has 56 heavy (non-hydrogen) atoms. The Morgan fingerprint density at radius 1 is 0.500 bits per heavy atom. The Labute approximate surface area is 356 Å². The zero-order valence-corrected chi connectivity index (χ0v) is 39.3. The standard InChI is InChI=1S/C51H99NO3S/c1-6-10-14-18-22-24-28-31-37-48(36-30-26-20-16-12-8-3)47(5)55-50(40-34-35-41-52-42-44-56-45-43-52)46-54-51(53)49(38-32-27-21-17-13-9-4)39-33-29-25-23-19-15-11-7-2/h48-50H,5-46H2,1-4H3. The lowest BCUT2D eigenvalue weighted by molar-refractivity contribution is -0.153. The number of esters is 1. The third kappa shape index (κ3) is 32.2. The van der Waals surface area contributed by atoms with Crippen LogP contribution in [0.3, 0.4) is 0 Å². The van der Waals surface area contributed by atoms with Gasteiger partial charge in [0.15, 0.2) is 0 Å². The van der Waals surface area contributed by atoms with Crippen molar-refractivity contribution in [2.75, 3.05) is 37.7 Å². The van der Waals surface area contributed by atoms with E-state index in [0.717, 1.165) is 44.3 Å². The summed E-state index contributed by atoms with van der Waals surface area (Å²) in [5.74, 6) is 3.97. The molecule has 0 aromatic heterocycles. The predicted molar refractivity (Wildman–Crippen MR) is 250 cm³/mol. The van der Waals surface area contributed by atoms with Gasteiger partial charge in [-0.25, -0.2) is 0 Å². The van der Waals surface area contributed by atoms with Gasteiger partial charge in [0.05, 0.1) is 11.7 Å². The van der Waals surface area contributed by atoms with Gasteiger partial charge in [0.2, 0.25) is 0 Å². The van der Waals surface area contributed by atoms with E-state index in [4.69, 9.17) is 9.47 Å². The molecule has 0 bridgehead atoms. The number of carbonyl (C=O) groups excluding carboxylic acids is 1. The Morgan fingerprint density at radius 2 is 0.857 bits per heavy atom. The van der Waals surface area contributed by atoms with E-state index in [2.05, 4.69) is 50.9 Å². The molecule has 3 atom stereocenters. The van der Waals surface area contributed by atoms with E-state index in [9.17, 15) is 4.79 Å². The molecule has 1 rings (SSSR count). The van der Waals surface area contributed by atoms with Crippen LogP contribution in [0, 0.1) is 11.8 Å². The summed E-state index contributed by atoms with van der Waals surface area (Å²) >= 11 is 2.09. The fourth-order valence-electron chi connectivity index (χ4n) is 8.55. The molecule has 0 saturated carbocycles. The molecule has 0 N–H and O–H groups in total. The molecule has 1 aliphatic rings. The number of hydrogen-bond donors (Lipinski definition) is 0. The van der Waals surface area contributed by atoms with E-state index in [1.54, 1.807) is 0 Å². The Morgan fingerprint density at radius 3 is 1.27 bits per heavy atom. The van der Waals surface area contributed by atoms with Crippen molar-refractivity contribution in [3.05, 3.63) is 12.3 Å². The van der Waals surface area contributed by atoms with Crippen molar-refractivity contribution in [1.82, 2.24) is 4.90 Å². The first kappa shape index (κ1) is 53.3. The predicted octanol–water partition coefficient (Wildman–Crippen LogP) is 16.4. The number of rotatable bonds is 43. The normalized spacial score (nSPS) is 15.1. The van der Waals surface area contributed by atoms with Gasteiger partial charge >= 0.3 is 5.97 Å². The third-order valence-electron chi connectivity index (χ3n) is 12.5. The van der Waals surface area contributed by atoms with E-state index in [1.807, 2.05) is 0 Å². The number of unbranched alkanes of at least 4 members (excludes halogenated alkanes) is 25. The average Bonchev–Trinajstić information content (AvgIpc) is 3.21. The summed E-state index contributed by atoms with van der Waals surface area (Å²) in [6.07, 6.45) is 44.2. The molecule has 0 amide bonds. The average molecular weight is 806 g/mol. The molecule has 1 heterocycles. The van der Waals surface area contributed by atoms with Crippen LogP contribution in [-0.2, 0) is 14.3 Å². The lowest BCUT2D eigenvalue weighted by atomic mass is 9.92. The van der Waals surface area contributed by atoms with Gasteiger partial charge in [-0.3, -0.25) is 4.79 Å². The molecule has 0 spiro atoms. The summed E-state index contributed by atoms with van der Waals surface area (Å²) in [6.45, 7) is 17.8. The van der Waals surface area contributed by atoms with Gasteiger partial charge in [-0.05, 0) is 51.5 Å². The molecule has 0 aromatic carbocycles. The van der Waals surface area contributed by atoms with Crippen molar-refractivity contribution >= 4 is 17.7 Å². The number of ether oxygens (including phenoxy) is 2. The SMILES string of the molecule is C=C(OC(CCCCN1CCSCC1)COC(=O)C(CCCCCCCC)CCCCCCCCCC)C(CCCCCCCC)CCCCCCCCCC. The largest absolute Gasteiger partial charge is 0.492 e. The Kier molecular flexibility index (Phi) is 39.1. The van der Waals surface area contributed by atoms with Gasteiger partial charge in [-0.15, -0.1) is 0 Å². The van der Waals surface area contributed by atoms with Crippen LogP contribution >= 0.6 is 11.8 Å². The summed E-state index contributed by atoms with van der Waals surface area (Å²) in [5, 5.41) is 0. The lowest BCUT2D eigenvalue weighted by Crippen LogP contribution is -2.33. The van der Waals surface area contributed by atoms with Gasteiger partial charge in [-0.2, -0.15) is 11.8 Å². The molecule has 5 heteroatoms. The van der Waals surface area contributed by atoms with Crippen molar-refractivity contribution in [3.8, 4) is 0 Å². The summed E-state index contributed by atoms with van der Waals surface area (Å²) < 4.78 is 13.1. The zero-order chi connectivity index (χ0) is 40.6. The van der Waals surface area contributed by atoms with Crippen molar-refractivity contribution in [2.45, 2.75) is 259 Å². The monoisotopic (exact) mass is 806 g/mol. The second kappa shape index (κ2) is 41.1. The molecular formula is C51H99NO3S. The molecule has 1 fully saturated rings. The Bertz CT molecular complexity index is 845. The van der Waals surface area contributed by atoms with Crippen LogP contribution in [0.25, 0.3) is 0 Å². The number of allylic oxidation sites excluding steroid dienone is 1.